The highest BCUT2D eigenvalue weighted by Crippen LogP contribution is 2.32. The summed E-state index contributed by atoms with van der Waals surface area (Å²) in [6.07, 6.45) is 0. The standard InChI is InChI=1S/C14H12Cl2N2O6S2/c1-2-25(21,22)18(11-5-3-10(15)4-6-11)26(23,24)12-7-8-13(16)14(9-12)17(19)20/h3-9H,2H2,1H3. The van der Waals surface area contributed by atoms with Gasteiger partial charge in [-0.3, -0.25) is 10.1 Å². The summed E-state index contributed by atoms with van der Waals surface area (Å²) in [7, 11) is -8.95. The molecule has 0 aliphatic heterocycles. The van der Waals surface area contributed by atoms with Crippen molar-refractivity contribution in [2.24, 2.45) is 0 Å². The van der Waals surface area contributed by atoms with Crippen molar-refractivity contribution in [3.8, 4) is 0 Å². The Hall–Kier alpha value is -1.88. The molecule has 0 saturated carbocycles. The lowest BCUT2D eigenvalue weighted by atomic mass is 10.3. The number of nitro benzene ring substituents is 1. The molecule has 0 N–H and O–H groups in total. The molecule has 0 fully saturated rings. The number of sulfonamides is 2. The van der Waals surface area contributed by atoms with Gasteiger partial charge in [-0.15, -0.1) is 0 Å². The van der Waals surface area contributed by atoms with E-state index in [0.29, 0.717) is 6.07 Å². The Kier molecular flexibility index (Phi) is 5.81. The summed E-state index contributed by atoms with van der Waals surface area (Å²) in [6.45, 7) is 1.28. The molecular formula is C14H12Cl2N2O6S2. The summed E-state index contributed by atoms with van der Waals surface area (Å²) in [4.78, 5) is 9.57. The summed E-state index contributed by atoms with van der Waals surface area (Å²) in [5, 5.41) is 11.0. The van der Waals surface area contributed by atoms with E-state index >= 15 is 0 Å². The highest BCUT2D eigenvalue weighted by atomic mass is 35.5. The van der Waals surface area contributed by atoms with Crippen LogP contribution in [-0.2, 0) is 20.0 Å². The molecule has 0 spiro atoms. The molecule has 0 saturated heterocycles. The van der Waals surface area contributed by atoms with Crippen LogP contribution in [0.5, 0.6) is 0 Å². The minimum atomic E-state index is -4.67. The fourth-order valence-corrected chi connectivity index (χ4v) is 5.87. The van der Waals surface area contributed by atoms with E-state index in [0.717, 1.165) is 12.1 Å². The average molecular weight is 439 g/mol. The average Bonchev–Trinajstić information content (AvgIpc) is 2.56. The van der Waals surface area contributed by atoms with Gasteiger partial charge in [0.2, 0.25) is 10.0 Å². The molecule has 0 unspecified atom stereocenters. The van der Waals surface area contributed by atoms with Crippen molar-refractivity contribution in [3.63, 3.8) is 0 Å². The molecule has 26 heavy (non-hydrogen) atoms. The third kappa shape index (κ3) is 3.93. The largest absolute Gasteiger partial charge is 0.289 e. The van der Waals surface area contributed by atoms with Gasteiger partial charge in [0.25, 0.3) is 15.7 Å². The number of hydrogen-bond donors (Lipinski definition) is 0. The Labute approximate surface area is 160 Å². The van der Waals surface area contributed by atoms with E-state index in [4.69, 9.17) is 23.2 Å². The van der Waals surface area contributed by atoms with Gasteiger partial charge in [-0.25, -0.2) is 16.8 Å². The SMILES string of the molecule is CCS(=O)(=O)N(c1ccc(Cl)cc1)S(=O)(=O)c1ccc(Cl)c([N+](=O)[O-])c1. The van der Waals surface area contributed by atoms with E-state index in [1.807, 2.05) is 0 Å². The van der Waals surface area contributed by atoms with Crippen LogP contribution < -0.4 is 3.71 Å². The van der Waals surface area contributed by atoms with Gasteiger partial charge in [0.15, 0.2) is 0 Å². The highest BCUT2D eigenvalue weighted by Gasteiger charge is 2.35. The van der Waals surface area contributed by atoms with Crippen LogP contribution in [0.25, 0.3) is 0 Å². The van der Waals surface area contributed by atoms with Gasteiger partial charge >= 0.3 is 0 Å². The summed E-state index contributed by atoms with van der Waals surface area (Å²) in [6, 6.07) is 7.83. The van der Waals surface area contributed by atoms with E-state index in [-0.39, 0.29) is 19.4 Å². The fraction of sp³-hybridized carbons (Fsp3) is 0.143. The third-order valence-electron chi connectivity index (χ3n) is 3.29. The van der Waals surface area contributed by atoms with Crippen molar-refractivity contribution in [1.29, 1.82) is 0 Å². The van der Waals surface area contributed by atoms with E-state index in [9.17, 15) is 26.9 Å². The topological polar surface area (TPSA) is 115 Å². The molecule has 0 amide bonds. The van der Waals surface area contributed by atoms with Gasteiger partial charge in [-0.1, -0.05) is 23.2 Å². The number of nitro groups is 1. The molecular weight excluding hydrogens is 427 g/mol. The summed E-state index contributed by atoms with van der Waals surface area (Å²) in [5.74, 6) is -0.509. The molecule has 8 nitrogen and oxygen atoms in total. The Morgan fingerprint density at radius 1 is 1.04 bits per heavy atom. The molecule has 0 aliphatic carbocycles. The number of nitrogens with zero attached hydrogens (tertiary/aromatic N) is 2. The van der Waals surface area contributed by atoms with Crippen LogP contribution in [0.1, 0.15) is 6.92 Å². The molecule has 0 aromatic heterocycles. The molecule has 0 radical (unpaired) electrons. The summed E-state index contributed by atoms with van der Waals surface area (Å²) in [5.41, 5.74) is -0.827. The van der Waals surface area contributed by atoms with Crippen LogP contribution in [-0.4, -0.2) is 27.5 Å². The first-order chi connectivity index (χ1) is 12.0. The van der Waals surface area contributed by atoms with Crippen molar-refractivity contribution in [2.45, 2.75) is 11.8 Å². The van der Waals surface area contributed by atoms with E-state index in [1.54, 1.807) is 0 Å². The summed E-state index contributed by atoms with van der Waals surface area (Å²) >= 11 is 11.5. The maximum absolute atomic E-state index is 13.0. The van der Waals surface area contributed by atoms with Gasteiger partial charge in [-0.05, 0) is 43.3 Å². The maximum atomic E-state index is 13.0. The van der Waals surface area contributed by atoms with E-state index < -0.39 is 41.3 Å². The number of anilines is 1. The molecule has 0 heterocycles. The predicted octanol–water partition coefficient (Wildman–Crippen LogP) is 3.45. The number of hydrogen-bond acceptors (Lipinski definition) is 6. The van der Waals surface area contributed by atoms with Gasteiger partial charge < -0.3 is 0 Å². The zero-order chi connectivity index (χ0) is 19.7. The Bertz CT molecular complexity index is 1050. The number of halogens is 2. The van der Waals surface area contributed by atoms with Gasteiger partial charge in [0.1, 0.15) is 5.02 Å². The molecule has 2 aromatic carbocycles. The van der Waals surface area contributed by atoms with E-state index in [2.05, 4.69) is 0 Å². The molecule has 2 rings (SSSR count). The Balaban J connectivity index is 2.73. The quantitative estimate of drug-likeness (QED) is 0.503. The Morgan fingerprint density at radius 2 is 1.62 bits per heavy atom. The van der Waals surface area contributed by atoms with Gasteiger partial charge in [0, 0.05) is 11.1 Å². The number of rotatable bonds is 6. The van der Waals surface area contributed by atoms with Crippen molar-refractivity contribution in [1.82, 2.24) is 0 Å². The normalized spacial score (nSPS) is 12.0. The second-order valence-corrected chi connectivity index (χ2v) is 9.92. The van der Waals surface area contributed by atoms with Crippen LogP contribution in [0.4, 0.5) is 11.4 Å². The molecule has 0 aliphatic rings. The molecule has 12 heteroatoms. The van der Waals surface area contributed by atoms with Crippen LogP contribution in [0, 0.1) is 10.1 Å². The lowest BCUT2D eigenvalue weighted by molar-refractivity contribution is -0.384. The van der Waals surface area contributed by atoms with Crippen molar-refractivity contribution in [3.05, 3.63) is 62.6 Å². The minimum absolute atomic E-state index is 0.172. The second-order valence-electron chi connectivity index (χ2n) is 4.95. The minimum Gasteiger partial charge on any atom is -0.258 e. The predicted molar refractivity (Wildman–Crippen MR) is 98.7 cm³/mol. The third-order valence-corrected chi connectivity index (χ3v) is 8.07. The van der Waals surface area contributed by atoms with Gasteiger partial charge in [0.05, 0.1) is 21.3 Å². The summed E-state index contributed by atoms with van der Waals surface area (Å²) < 4.78 is 51.0. The van der Waals surface area contributed by atoms with Crippen molar-refractivity contribution >= 4 is 54.6 Å². The monoisotopic (exact) mass is 438 g/mol. The molecule has 0 atom stereocenters. The second kappa shape index (κ2) is 7.39. The smallest absolute Gasteiger partial charge is 0.258 e. The van der Waals surface area contributed by atoms with Crippen LogP contribution in [0.15, 0.2) is 47.4 Å². The van der Waals surface area contributed by atoms with Gasteiger partial charge in [-0.2, -0.15) is 3.71 Å². The highest BCUT2D eigenvalue weighted by molar-refractivity contribution is 8.10. The first-order valence-electron chi connectivity index (χ1n) is 6.98. The molecule has 2 aromatic rings. The first kappa shape index (κ1) is 20.4. The fourth-order valence-electron chi connectivity index (χ4n) is 2.02. The van der Waals surface area contributed by atoms with Crippen molar-refractivity contribution in [2.75, 3.05) is 9.46 Å². The lowest BCUT2D eigenvalue weighted by Crippen LogP contribution is -2.38. The van der Waals surface area contributed by atoms with Crippen molar-refractivity contribution < 1.29 is 21.8 Å². The zero-order valence-corrected chi connectivity index (χ0v) is 16.3. The number of benzene rings is 2. The molecule has 0 bridgehead atoms. The first-order valence-corrected chi connectivity index (χ1v) is 10.8. The maximum Gasteiger partial charge on any atom is 0.289 e. The lowest BCUT2D eigenvalue weighted by Gasteiger charge is -2.23. The molecule has 140 valence electrons. The van der Waals surface area contributed by atoms with Crippen LogP contribution >= 0.6 is 23.2 Å². The van der Waals surface area contributed by atoms with Crippen LogP contribution in [0.2, 0.25) is 10.0 Å². The Morgan fingerprint density at radius 3 is 2.12 bits per heavy atom. The van der Waals surface area contributed by atoms with Crippen LogP contribution in [0.3, 0.4) is 0 Å². The van der Waals surface area contributed by atoms with E-state index in [1.165, 1.54) is 31.2 Å². The zero-order valence-electron chi connectivity index (χ0n) is 13.2.